The molecule has 1 aromatic heterocycles. The average Bonchev–Trinajstić information content (AvgIpc) is 3.69. The molecule has 0 bridgehead atoms. The molecule has 0 fully saturated rings. The van der Waals surface area contributed by atoms with Crippen LogP contribution in [0.4, 0.5) is 11.4 Å². The predicted octanol–water partition coefficient (Wildman–Crippen LogP) is 10.5. The summed E-state index contributed by atoms with van der Waals surface area (Å²) in [7, 11) is 0. The highest BCUT2D eigenvalue weighted by molar-refractivity contribution is 6.09. The summed E-state index contributed by atoms with van der Waals surface area (Å²) in [4.78, 5) is 2.34. The summed E-state index contributed by atoms with van der Waals surface area (Å²) in [6, 6.07) is 52.5. The molecule has 1 aliphatic carbocycles. The lowest BCUT2D eigenvalue weighted by atomic mass is 9.88. The van der Waals surface area contributed by atoms with E-state index in [2.05, 4.69) is 131 Å². The Bertz CT molecular complexity index is 2670. The van der Waals surface area contributed by atoms with Crippen LogP contribution in [0.2, 0.25) is 0 Å². The Morgan fingerprint density at radius 2 is 1.20 bits per heavy atom. The number of allylic oxidation sites excluding steroid dienone is 2. The van der Waals surface area contributed by atoms with Gasteiger partial charge in [-0.15, -0.1) is 0 Å². The van der Waals surface area contributed by atoms with E-state index in [9.17, 15) is 15.8 Å². The van der Waals surface area contributed by atoms with Gasteiger partial charge in [0.05, 0.1) is 46.4 Å². The van der Waals surface area contributed by atoms with Crippen molar-refractivity contribution in [2.75, 3.05) is 4.90 Å². The molecule has 9 rings (SSSR count). The molecule has 2 atom stereocenters. The largest absolute Gasteiger partial charge is 0.333 e. The van der Waals surface area contributed by atoms with Crippen molar-refractivity contribution in [2.24, 2.45) is 0 Å². The molecular weight excluding hydrogens is 611 g/mol. The van der Waals surface area contributed by atoms with Crippen LogP contribution in [-0.4, -0.2) is 10.6 Å². The maximum absolute atomic E-state index is 10.3. The summed E-state index contributed by atoms with van der Waals surface area (Å²) in [6.07, 6.45) is 6.02. The number of benzene rings is 6. The highest BCUT2D eigenvalue weighted by atomic mass is 15.2. The fourth-order valence-corrected chi connectivity index (χ4v) is 7.87. The molecule has 0 saturated carbocycles. The minimum Gasteiger partial charge on any atom is -0.333 e. The van der Waals surface area contributed by atoms with E-state index in [0.717, 1.165) is 55.9 Å². The number of anilines is 2. The molecule has 0 spiro atoms. The molecule has 232 valence electrons. The zero-order valence-corrected chi connectivity index (χ0v) is 26.8. The van der Waals surface area contributed by atoms with Gasteiger partial charge in [-0.05, 0) is 82.9 Å². The molecular formula is C45H27N5. The normalized spacial score (nSPS) is 15.9. The Morgan fingerprint density at radius 1 is 0.540 bits per heavy atom. The van der Waals surface area contributed by atoms with E-state index in [-0.39, 0.29) is 12.0 Å². The van der Waals surface area contributed by atoms with Crippen molar-refractivity contribution in [3.05, 3.63) is 174 Å². The van der Waals surface area contributed by atoms with Gasteiger partial charge in [0.25, 0.3) is 0 Å². The molecule has 2 heterocycles. The van der Waals surface area contributed by atoms with Gasteiger partial charge < -0.3 is 9.47 Å². The van der Waals surface area contributed by atoms with E-state index >= 15 is 0 Å². The van der Waals surface area contributed by atoms with Crippen molar-refractivity contribution in [1.82, 2.24) is 4.57 Å². The second kappa shape index (κ2) is 11.5. The standard InChI is InChI=1S/C45H27N5/c46-26-29-17-19-44-39(23-29)40-24-30(27-47)18-20-45(40)50(44)43-16-8-3-11-36(43)35-10-2-1-9-34(35)32-21-31(28-48)22-33(25-32)49-41-14-6-4-12-37(41)38-13-5-7-15-42(38)49/h1-25,39,44H. The number of hydrogen-bond donors (Lipinski definition) is 0. The van der Waals surface area contributed by atoms with Crippen LogP contribution in [0.15, 0.2) is 157 Å². The molecule has 1 aliphatic heterocycles. The maximum atomic E-state index is 10.3. The fraction of sp³-hybridized carbons (Fsp3) is 0.0444. The zero-order valence-electron chi connectivity index (χ0n) is 26.8. The van der Waals surface area contributed by atoms with Crippen LogP contribution in [0.3, 0.4) is 0 Å². The highest BCUT2D eigenvalue weighted by Gasteiger charge is 2.39. The summed E-state index contributed by atoms with van der Waals surface area (Å²) in [5.41, 5.74) is 12.0. The molecule has 6 aromatic carbocycles. The van der Waals surface area contributed by atoms with Crippen LogP contribution in [0.25, 0.3) is 49.7 Å². The third-order valence-electron chi connectivity index (χ3n) is 9.98. The van der Waals surface area contributed by atoms with E-state index in [1.165, 1.54) is 10.8 Å². The smallest absolute Gasteiger partial charge is 0.0992 e. The number of nitrogens with zero attached hydrogens (tertiary/aromatic N) is 5. The number of fused-ring (bicyclic) bond motifs is 6. The van der Waals surface area contributed by atoms with E-state index in [1.807, 2.05) is 48.6 Å². The first-order valence-corrected chi connectivity index (χ1v) is 16.5. The zero-order chi connectivity index (χ0) is 33.8. The Morgan fingerprint density at radius 3 is 1.92 bits per heavy atom. The second-order valence-electron chi connectivity index (χ2n) is 12.7. The summed E-state index contributed by atoms with van der Waals surface area (Å²) < 4.78 is 2.25. The maximum Gasteiger partial charge on any atom is 0.0992 e. The van der Waals surface area contributed by atoms with E-state index < -0.39 is 0 Å². The lowest BCUT2D eigenvalue weighted by molar-refractivity contribution is 0.741. The lowest BCUT2D eigenvalue weighted by Crippen LogP contribution is -2.29. The average molecular weight is 638 g/mol. The highest BCUT2D eigenvalue weighted by Crippen LogP contribution is 2.51. The van der Waals surface area contributed by atoms with Crippen LogP contribution in [0, 0.1) is 34.0 Å². The predicted molar refractivity (Wildman–Crippen MR) is 199 cm³/mol. The molecule has 0 amide bonds. The van der Waals surface area contributed by atoms with Crippen molar-refractivity contribution in [3.8, 4) is 46.1 Å². The van der Waals surface area contributed by atoms with Crippen molar-refractivity contribution in [1.29, 1.82) is 15.8 Å². The third kappa shape index (κ3) is 4.45. The van der Waals surface area contributed by atoms with Crippen molar-refractivity contribution >= 4 is 33.2 Å². The van der Waals surface area contributed by atoms with Crippen LogP contribution in [0.5, 0.6) is 0 Å². The summed E-state index contributed by atoms with van der Waals surface area (Å²) in [6.45, 7) is 0. The van der Waals surface area contributed by atoms with Crippen LogP contribution >= 0.6 is 0 Å². The van der Waals surface area contributed by atoms with Gasteiger partial charge in [0, 0.05) is 44.9 Å². The molecule has 5 heteroatoms. The van der Waals surface area contributed by atoms with Crippen LogP contribution < -0.4 is 4.90 Å². The number of aromatic nitrogens is 1. The SMILES string of the molecule is N#CC1=CC2c3cc(C#N)ccc3N(c3ccccc3-c3ccccc3-c3cc(C#N)cc(-n4c5ccccc5c5ccccc54)c3)C2C=C1. The first-order chi connectivity index (χ1) is 24.7. The van der Waals surface area contributed by atoms with Gasteiger partial charge in [-0.1, -0.05) is 91.0 Å². The Labute approximate surface area is 289 Å². The summed E-state index contributed by atoms with van der Waals surface area (Å²) >= 11 is 0. The van der Waals surface area contributed by atoms with E-state index in [1.54, 1.807) is 0 Å². The third-order valence-corrected chi connectivity index (χ3v) is 9.98. The molecule has 2 unspecified atom stereocenters. The first-order valence-electron chi connectivity index (χ1n) is 16.5. The Kier molecular flexibility index (Phi) is 6.70. The Hall–Kier alpha value is -7.13. The van der Waals surface area contributed by atoms with Gasteiger partial charge in [0.2, 0.25) is 0 Å². The van der Waals surface area contributed by atoms with Crippen molar-refractivity contribution < 1.29 is 0 Å². The number of para-hydroxylation sites is 3. The molecule has 0 radical (unpaired) electrons. The topological polar surface area (TPSA) is 79.5 Å². The fourth-order valence-electron chi connectivity index (χ4n) is 7.87. The second-order valence-corrected chi connectivity index (χ2v) is 12.7. The lowest BCUT2D eigenvalue weighted by Gasteiger charge is -2.31. The van der Waals surface area contributed by atoms with Gasteiger partial charge in [0.1, 0.15) is 0 Å². The minimum atomic E-state index is -0.0673. The number of hydrogen-bond acceptors (Lipinski definition) is 4. The number of nitriles is 3. The molecule has 50 heavy (non-hydrogen) atoms. The van der Waals surface area contributed by atoms with Gasteiger partial charge >= 0.3 is 0 Å². The van der Waals surface area contributed by atoms with Gasteiger partial charge in [0.15, 0.2) is 0 Å². The summed E-state index contributed by atoms with van der Waals surface area (Å²) in [5.74, 6) is -0.0673. The van der Waals surface area contributed by atoms with Crippen LogP contribution in [0.1, 0.15) is 22.6 Å². The minimum absolute atomic E-state index is 0.0619. The van der Waals surface area contributed by atoms with Crippen molar-refractivity contribution in [3.63, 3.8) is 0 Å². The van der Waals surface area contributed by atoms with E-state index in [0.29, 0.717) is 16.7 Å². The molecule has 0 saturated heterocycles. The van der Waals surface area contributed by atoms with E-state index in [4.69, 9.17) is 0 Å². The van der Waals surface area contributed by atoms with Gasteiger partial charge in [-0.3, -0.25) is 0 Å². The molecule has 7 aromatic rings. The monoisotopic (exact) mass is 637 g/mol. The van der Waals surface area contributed by atoms with Gasteiger partial charge in [-0.2, -0.15) is 15.8 Å². The quantitative estimate of drug-likeness (QED) is 0.192. The molecule has 5 nitrogen and oxygen atoms in total. The van der Waals surface area contributed by atoms with Crippen molar-refractivity contribution in [2.45, 2.75) is 12.0 Å². The first kappa shape index (κ1) is 29.0. The Balaban J connectivity index is 1.23. The summed E-state index contributed by atoms with van der Waals surface area (Å²) in [5, 5.41) is 32.1. The van der Waals surface area contributed by atoms with Crippen LogP contribution in [-0.2, 0) is 0 Å². The van der Waals surface area contributed by atoms with Gasteiger partial charge in [-0.25, -0.2) is 0 Å². The number of rotatable bonds is 4. The molecule has 2 aliphatic rings. The molecule has 0 N–H and O–H groups in total.